The molecule has 1 fully saturated rings. The van der Waals surface area contributed by atoms with Gasteiger partial charge in [-0.05, 0) is 117 Å². The Kier molecular flexibility index (Phi) is 25.8. The third kappa shape index (κ3) is 20.9. The minimum atomic E-state index is -1.73. The molecule has 21 nitrogen and oxygen atoms in total. The lowest BCUT2D eigenvalue weighted by atomic mass is 10.00. The Hall–Kier alpha value is -6.44. The average molecular weight is 1200 g/mol. The van der Waals surface area contributed by atoms with Crippen molar-refractivity contribution in [2.45, 2.75) is 106 Å². The maximum Gasteiger partial charge on any atom is 0.248 e. The first kappa shape index (κ1) is 64.4. The van der Waals surface area contributed by atoms with Gasteiger partial charge in [-0.3, -0.25) is 43.2 Å². The number of aliphatic hydroxyl groups is 1. The summed E-state index contributed by atoms with van der Waals surface area (Å²) in [7, 11) is 3.70. The van der Waals surface area contributed by atoms with Crippen LogP contribution < -0.4 is 59.7 Å². The van der Waals surface area contributed by atoms with Crippen LogP contribution in [0.25, 0.3) is 0 Å². The van der Waals surface area contributed by atoms with Crippen molar-refractivity contribution in [3.05, 3.63) is 140 Å². The van der Waals surface area contributed by atoms with Crippen LogP contribution >= 0.6 is 56.4 Å². The van der Waals surface area contributed by atoms with E-state index in [4.69, 9.17) is 52.0 Å². The van der Waals surface area contributed by atoms with Crippen LogP contribution in [0, 0.1) is 0 Å². The number of rotatable bonds is 20. The van der Waals surface area contributed by atoms with E-state index in [1.807, 2.05) is 0 Å². The normalized spacial score (nSPS) is 21.0. The fourth-order valence-electron chi connectivity index (χ4n) is 8.17. The molecule has 1 aliphatic rings. The van der Waals surface area contributed by atoms with Crippen molar-refractivity contribution in [1.29, 1.82) is 0 Å². The Morgan fingerprint density at radius 3 is 1.61 bits per heavy atom. The lowest BCUT2D eigenvalue weighted by Crippen LogP contribution is -2.62. The molecule has 0 bridgehead atoms. The number of amides is 9. The average Bonchev–Trinajstić information content (AvgIpc) is 3.42. The van der Waals surface area contributed by atoms with Crippen molar-refractivity contribution < 1.29 is 48.3 Å². The molecule has 0 spiro atoms. The first-order valence-corrected chi connectivity index (χ1v) is 29.1. The van der Waals surface area contributed by atoms with Crippen LogP contribution in [0.5, 0.6) is 0 Å². The summed E-state index contributed by atoms with van der Waals surface area (Å²) in [4.78, 5) is 126. The predicted molar refractivity (Wildman–Crippen MR) is 309 cm³/mol. The Balaban J connectivity index is 1.58. The number of aliphatic hydroxyl groups excluding tert-OH is 1. The molecule has 0 aliphatic carbocycles. The number of carbonyl (C=O) groups is 9. The topological polar surface area (TPSA) is 348 Å². The largest absolute Gasteiger partial charge is 0.391 e. The van der Waals surface area contributed by atoms with Crippen molar-refractivity contribution in [3.8, 4) is 0 Å². The first-order valence-electron chi connectivity index (χ1n) is 25.5. The summed E-state index contributed by atoms with van der Waals surface area (Å²) in [6.07, 6.45) is -1.07. The van der Waals surface area contributed by atoms with Crippen LogP contribution in [0.15, 0.2) is 97.1 Å². The highest BCUT2D eigenvalue weighted by Gasteiger charge is 2.36. The van der Waals surface area contributed by atoms with Gasteiger partial charge in [0.15, 0.2) is 0 Å². The summed E-state index contributed by atoms with van der Waals surface area (Å²) in [6.45, 7) is 1.77. The summed E-state index contributed by atoms with van der Waals surface area (Å²) in [5, 5.41) is 34.0. The molecular formula is C54H66Cl3N11O10S2. The van der Waals surface area contributed by atoms with Gasteiger partial charge in [-0.1, -0.05) is 105 Å². The maximum atomic E-state index is 14.8. The van der Waals surface area contributed by atoms with E-state index in [1.165, 1.54) is 31.2 Å². The molecule has 1 aliphatic heterocycles. The number of primary amides is 2. The van der Waals surface area contributed by atoms with Gasteiger partial charge in [-0.15, -0.1) is 0 Å². The van der Waals surface area contributed by atoms with Gasteiger partial charge in [0, 0.05) is 51.4 Å². The predicted octanol–water partition coefficient (Wildman–Crippen LogP) is 1.39. The summed E-state index contributed by atoms with van der Waals surface area (Å²) in [5.74, 6) is -8.27. The third-order valence-electron chi connectivity index (χ3n) is 12.7. The van der Waals surface area contributed by atoms with E-state index in [9.17, 15) is 48.3 Å². The number of hydrogen-bond donors (Lipinski definition) is 12. The minimum absolute atomic E-state index is 0.00805. The fraction of sp³-hybridized carbons (Fsp3) is 0.389. The number of carbonyl (C=O) groups excluding carboxylic acids is 9. The number of nitrogens with two attached hydrogens (primary N) is 3. The highest BCUT2D eigenvalue weighted by Crippen LogP contribution is 2.24. The number of unbranched alkanes of at least 4 members (excludes halogenated alkanes) is 1. The van der Waals surface area contributed by atoms with E-state index >= 15 is 0 Å². The minimum Gasteiger partial charge on any atom is -0.391 e. The van der Waals surface area contributed by atoms with E-state index in [2.05, 4.69) is 42.5 Å². The second-order valence-electron chi connectivity index (χ2n) is 19.0. The van der Waals surface area contributed by atoms with E-state index in [0.29, 0.717) is 56.7 Å². The second-order valence-corrected chi connectivity index (χ2v) is 22.9. The maximum absolute atomic E-state index is 14.8. The zero-order valence-corrected chi connectivity index (χ0v) is 47.7. The number of benzene rings is 4. The molecule has 4 aromatic rings. The standard InChI is InChI=1S/C54H66Cl3N11O10S2/c1-29(69)45-54(78)67-44(52(76)63-40(47(60)71)24-32-10-18-36(56)19-11-32)28-80-79-27-43(66-48(72)38(58)23-30-8-16-35(55)17-9-30)53(77)65-42(26-33-12-20-37(57)21-13-33)51(75)64-41(25-31-6-14-34(15-7-31)46(59)70)50(74)62-39(49(73)68-45)5-3-4-22-61-2/h6-21,29,38-45,61,69H,3-5,22-28,58H2,1-2H3,(H2,59,70)(H2,60,71)(H,62,74)(H,63,76)(H,64,75)(H,65,77)(H,66,72)(H,67,78)(H,68,73)/t29?,38-,39-,40+,41+,42-,43+,44-,45?/m0/s1. The highest BCUT2D eigenvalue weighted by atomic mass is 35.5. The summed E-state index contributed by atoms with van der Waals surface area (Å²) in [6, 6.07) is 14.0. The van der Waals surface area contributed by atoms with Crippen molar-refractivity contribution in [3.63, 3.8) is 0 Å². The molecule has 1 saturated heterocycles. The Morgan fingerprint density at radius 2 is 1.10 bits per heavy atom. The monoisotopic (exact) mass is 1200 g/mol. The molecule has 2 unspecified atom stereocenters. The molecule has 9 atom stereocenters. The summed E-state index contributed by atoms with van der Waals surface area (Å²) < 4.78 is 0. The molecule has 0 radical (unpaired) electrons. The highest BCUT2D eigenvalue weighted by molar-refractivity contribution is 8.76. The van der Waals surface area contributed by atoms with Crippen LogP contribution in [0.3, 0.4) is 0 Å². The quantitative estimate of drug-likeness (QED) is 0.0440. The SMILES string of the molecule is CNCCCC[C@@H]1NC(=O)[C@@H](Cc2ccc(C(N)=O)cc2)NC(=O)[C@H](Cc2ccc(Cl)cc2)NC(=O)[C@H](NC(=O)[C@@H](N)Cc2ccc(Cl)cc2)CSSC[C@@H](C(=O)N[C@H](Cc2ccc(Cl)cc2)C(N)=O)NC(=O)C(C(C)O)NC1=O. The molecule has 430 valence electrons. The number of hydrogen-bond acceptors (Lipinski definition) is 14. The molecule has 1 heterocycles. The van der Waals surface area contributed by atoms with Gasteiger partial charge in [-0.2, -0.15) is 0 Å². The van der Waals surface area contributed by atoms with Crippen LogP contribution in [0.2, 0.25) is 15.1 Å². The molecule has 15 N–H and O–H groups in total. The van der Waals surface area contributed by atoms with E-state index in [-0.39, 0.29) is 49.2 Å². The van der Waals surface area contributed by atoms with Crippen LogP contribution in [0.1, 0.15) is 58.8 Å². The van der Waals surface area contributed by atoms with Gasteiger partial charge in [0.05, 0.1) is 12.1 Å². The third-order valence-corrected chi connectivity index (χ3v) is 15.9. The fourth-order valence-corrected chi connectivity index (χ4v) is 10.9. The number of halogens is 3. The molecule has 0 saturated carbocycles. The van der Waals surface area contributed by atoms with E-state index < -0.39 is 108 Å². The van der Waals surface area contributed by atoms with Gasteiger partial charge >= 0.3 is 0 Å². The van der Waals surface area contributed by atoms with Gasteiger partial charge in [0.1, 0.15) is 42.3 Å². The molecule has 5 rings (SSSR count). The first-order chi connectivity index (χ1) is 38.1. The lowest BCUT2D eigenvalue weighted by Gasteiger charge is -2.29. The van der Waals surface area contributed by atoms with Gasteiger partial charge in [-0.25, -0.2) is 0 Å². The summed E-state index contributed by atoms with van der Waals surface area (Å²) >= 11 is 18.4. The smallest absolute Gasteiger partial charge is 0.248 e. The summed E-state index contributed by atoms with van der Waals surface area (Å²) in [5.41, 5.74) is 20.1. The van der Waals surface area contributed by atoms with E-state index in [0.717, 1.165) is 21.6 Å². The number of nitrogens with one attached hydrogen (secondary N) is 8. The van der Waals surface area contributed by atoms with Crippen LogP contribution in [-0.4, -0.2) is 138 Å². The molecular weight excluding hydrogens is 1130 g/mol. The van der Waals surface area contributed by atoms with Crippen LogP contribution in [-0.2, 0) is 64.0 Å². The molecule has 80 heavy (non-hydrogen) atoms. The lowest BCUT2D eigenvalue weighted by molar-refractivity contribution is -0.136. The molecule has 9 amide bonds. The Morgan fingerprint density at radius 1 is 0.625 bits per heavy atom. The van der Waals surface area contributed by atoms with Crippen molar-refractivity contribution >= 4 is 110 Å². The molecule has 26 heteroatoms. The van der Waals surface area contributed by atoms with Gasteiger partial charge in [0.25, 0.3) is 0 Å². The zero-order chi connectivity index (χ0) is 58.5. The van der Waals surface area contributed by atoms with E-state index in [1.54, 1.807) is 79.8 Å². The zero-order valence-electron chi connectivity index (χ0n) is 43.8. The molecule has 0 aromatic heterocycles. The van der Waals surface area contributed by atoms with Crippen molar-refractivity contribution in [1.82, 2.24) is 42.5 Å². The second kappa shape index (κ2) is 32.1. The van der Waals surface area contributed by atoms with Crippen molar-refractivity contribution in [2.75, 3.05) is 25.1 Å². The van der Waals surface area contributed by atoms with Gasteiger partial charge in [0.2, 0.25) is 53.2 Å². The molecule has 4 aromatic carbocycles. The van der Waals surface area contributed by atoms with Crippen molar-refractivity contribution in [2.24, 2.45) is 17.2 Å². The van der Waals surface area contributed by atoms with Gasteiger partial charge < -0.3 is 64.8 Å². The Bertz CT molecular complexity index is 2790. The van der Waals surface area contributed by atoms with Crippen LogP contribution in [0.4, 0.5) is 0 Å². The Labute approximate surface area is 486 Å².